The Kier molecular flexibility index (Phi) is 3.35. The van der Waals surface area contributed by atoms with E-state index in [1.165, 1.54) is 12.1 Å². The van der Waals surface area contributed by atoms with Gasteiger partial charge in [-0.25, -0.2) is 4.39 Å². The molecule has 0 aliphatic carbocycles. The molecule has 1 atom stereocenters. The number of hydrogen-bond donors (Lipinski definition) is 1. The van der Waals surface area contributed by atoms with Gasteiger partial charge in [-0.1, -0.05) is 35.9 Å². The van der Waals surface area contributed by atoms with Gasteiger partial charge in [0, 0.05) is 25.1 Å². The zero-order valence-corrected chi connectivity index (χ0v) is 13.4. The van der Waals surface area contributed by atoms with E-state index in [-0.39, 0.29) is 17.6 Å². The van der Waals surface area contributed by atoms with Crippen molar-refractivity contribution in [2.75, 3.05) is 6.54 Å². The van der Waals surface area contributed by atoms with Crippen molar-refractivity contribution < 1.29 is 14.0 Å². The largest absolute Gasteiger partial charge is 0.336 e. The normalized spacial score (nSPS) is 22.2. The standard InChI is InChI=1S/C18H14ClFN2O2/c19-14-3-1-2-13-15(14)16(23)21-18(13)8-9-22(17(18)24)10-11-4-6-12(20)7-5-11/h1-7H,8-10H2,(H,21,23). The summed E-state index contributed by atoms with van der Waals surface area (Å²) in [5.41, 5.74) is 0.845. The average Bonchev–Trinajstić information content (AvgIpc) is 3.03. The maximum Gasteiger partial charge on any atom is 0.254 e. The first kappa shape index (κ1) is 15.1. The quantitative estimate of drug-likeness (QED) is 0.910. The van der Waals surface area contributed by atoms with Crippen molar-refractivity contribution in [3.05, 3.63) is 70.0 Å². The van der Waals surface area contributed by atoms with E-state index < -0.39 is 5.54 Å². The second-order valence-electron chi connectivity index (χ2n) is 6.13. The summed E-state index contributed by atoms with van der Waals surface area (Å²) >= 11 is 6.13. The van der Waals surface area contributed by atoms with Crippen molar-refractivity contribution in [3.8, 4) is 0 Å². The zero-order chi connectivity index (χ0) is 16.9. The van der Waals surface area contributed by atoms with Gasteiger partial charge >= 0.3 is 0 Å². The van der Waals surface area contributed by atoms with Gasteiger partial charge in [0.2, 0.25) is 0 Å². The third-order valence-corrected chi connectivity index (χ3v) is 5.04. The first-order valence-corrected chi connectivity index (χ1v) is 8.04. The summed E-state index contributed by atoms with van der Waals surface area (Å²) < 4.78 is 13.0. The highest BCUT2D eigenvalue weighted by molar-refractivity contribution is 6.34. The van der Waals surface area contributed by atoms with Crippen molar-refractivity contribution in [1.82, 2.24) is 10.2 Å². The second-order valence-corrected chi connectivity index (χ2v) is 6.53. The molecule has 2 aromatic carbocycles. The van der Waals surface area contributed by atoms with E-state index in [9.17, 15) is 14.0 Å². The van der Waals surface area contributed by atoms with Crippen LogP contribution >= 0.6 is 11.6 Å². The van der Waals surface area contributed by atoms with Crippen LogP contribution in [0.2, 0.25) is 5.02 Å². The number of hydrogen-bond acceptors (Lipinski definition) is 2. The van der Waals surface area contributed by atoms with Crippen molar-refractivity contribution in [2.45, 2.75) is 18.5 Å². The molecule has 4 rings (SSSR count). The minimum atomic E-state index is -1.03. The Labute approximate surface area is 143 Å². The number of fused-ring (bicyclic) bond motifs is 2. The Hall–Kier alpha value is -2.40. The van der Waals surface area contributed by atoms with E-state index >= 15 is 0 Å². The Balaban J connectivity index is 1.66. The fourth-order valence-corrected chi connectivity index (χ4v) is 3.80. The molecule has 1 fully saturated rings. The van der Waals surface area contributed by atoms with E-state index in [2.05, 4.69) is 5.32 Å². The third kappa shape index (κ3) is 2.12. The van der Waals surface area contributed by atoms with E-state index in [1.807, 2.05) is 0 Å². The van der Waals surface area contributed by atoms with Crippen LogP contribution in [0.3, 0.4) is 0 Å². The van der Waals surface area contributed by atoms with Gasteiger partial charge in [-0.05, 0) is 23.8 Å². The summed E-state index contributed by atoms with van der Waals surface area (Å²) in [7, 11) is 0. The predicted molar refractivity (Wildman–Crippen MR) is 87.0 cm³/mol. The first-order valence-electron chi connectivity index (χ1n) is 7.66. The van der Waals surface area contributed by atoms with Gasteiger partial charge in [-0.2, -0.15) is 0 Å². The van der Waals surface area contributed by atoms with Gasteiger partial charge < -0.3 is 10.2 Å². The topological polar surface area (TPSA) is 49.4 Å². The number of benzene rings is 2. The molecule has 0 saturated carbocycles. The summed E-state index contributed by atoms with van der Waals surface area (Å²) in [6.45, 7) is 0.898. The molecule has 0 radical (unpaired) electrons. The maximum absolute atomic E-state index is 13.0. The van der Waals surface area contributed by atoms with Gasteiger partial charge in [0.15, 0.2) is 0 Å². The van der Waals surface area contributed by atoms with Gasteiger partial charge in [0.1, 0.15) is 11.4 Å². The van der Waals surface area contributed by atoms with E-state index in [0.717, 1.165) is 5.56 Å². The van der Waals surface area contributed by atoms with Crippen molar-refractivity contribution in [3.63, 3.8) is 0 Å². The van der Waals surface area contributed by atoms with Crippen LogP contribution in [0.15, 0.2) is 42.5 Å². The molecule has 2 amide bonds. The molecule has 24 heavy (non-hydrogen) atoms. The molecule has 2 heterocycles. The lowest BCUT2D eigenvalue weighted by molar-refractivity contribution is -0.133. The minimum Gasteiger partial charge on any atom is -0.336 e. The summed E-state index contributed by atoms with van der Waals surface area (Å²) in [5, 5.41) is 3.19. The van der Waals surface area contributed by atoms with Crippen LogP contribution < -0.4 is 5.32 Å². The van der Waals surface area contributed by atoms with Crippen LogP contribution in [0.4, 0.5) is 4.39 Å². The number of rotatable bonds is 2. The Morgan fingerprint density at radius 3 is 2.67 bits per heavy atom. The van der Waals surface area contributed by atoms with E-state index in [0.29, 0.717) is 35.7 Å². The van der Waals surface area contributed by atoms with Crippen LogP contribution in [0.1, 0.15) is 27.9 Å². The Morgan fingerprint density at radius 2 is 1.92 bits per heavy atom. The summed E-state index contributed by atoms with van der Waals surface area (Å²) in [5.74, 6) is -0.775. The highest BCUT2D eigenvalue weighted by atomic mass is 35.5. The number of likely N-dealkylation sites (tertiary alicyclic amines) is 1. The van der Waals surface area contributed by atoms with Crippen molar-refractivity contribution in [1.29, 1.82) is 0 Å². The molecular formula is C18H14ClFN2O2. The summed E-state index contributed by atoms with van der Waals surface area (Å²) in [4.78, 5) is 27.0. The molecule has 1 saturated heterocycles. The fourth-order valence-electron chi connectivity index (χ4n) is 3.54. The smallest absolute Gasteiger partial charge is 0.254 e. The Bertz CT molecular complexity index is 853. The highest BCUT2D eigenvalue weighted by Crippen LogP contribution is 2.42. The van der Waals surface area contributed by atoms with Crippen LogP contribution in [0.5, 0.6) is 0 Å². The van der Waals surface area contributed by atoms with Gasteiger partial charge in [0.25, 0.3) is 11.8 Å². The fraction of sp³-hybridized carbons (Fsp3) is 0.222. The monoisotopic (exact) mass is 344 g/mol. The molecule has 122 valence electrons. The number of halogens is 2. The van der Waals surface area contributed by atoms with Crippen molar-refractivity contribution >= 4 is 23.4 Å². The van der Waals surface area contributed by atoms with Crippen molar-refractivity contribution in [2.24, 2.45) is 0 Å². The third-order valence-electron chi connectivity index (χ3n) is 4.72. The average molecular weight is 345 g/mol. The van der Waals surface area contributed by atoms with Gasteiger partial charge in [-0.15, -0.1) is 0 Å². The second kappa shape index (κ2) is 5.31. The first-order chi connectivity index (χ1) is 11.5. The predicted octanol–water partition coefficient (Wildman–Crippen LogP) is 2.85. The van der Waals surface area contributed by atoms with Crippen LogP contribution in [-0.4, -0.2) is 23.3 Å². The summed E-state index contributed by atoms with van der Waals surface area (Å²) in [6.07, 6.45) is 0.492. The number of nitrogens with zero attached hydrogens (tertiary/aromatic N) is 1. The molecule has 2 aromatic rings. The lowest BCUT2D eigenvalue weighted by Crippen LogP contribution is -2.46. The number of carbonyl (C=O) groups excluding carboxylic acids is 2. The number of amides is 2. The molecule has 1 N–H and O–H groups in total. The summed E-state index contributed by atoms with van der Waals surface area (Å²) in [6, 6.07) is 11.2. The number of nitrogens with one attached hydrogen (secondary N) is 1. The molecule has 0 aromatic heterocycles. The lowest BCUT2D eigenvalue weighted by atomic mass is 9.89. The molecule has 0 bridgehead atoms. The molecule has 6 heteroatoms. The minimum absolute atomic E-state index is 0.152. The number of carbonyl (C=O) groups is 2. The van der Waals surface area contributed by atoms with Crippen LogP contribution in [0, 0.1) is 5.82 Å². The van der Waals surface area contributed by atoms with Crippen LogP contribution in [0.25, 0.3) is 0 Å². The van der Waals surface area contributed by atoms with Gasteiger partial charge in [-0.3, -0.25) is 9.59 Å². The maximum atomic E-state index is 13.0. The van der Waals surface area contributed by atoms with E-state index in [1.54, 1.807) is 35.2 Å². The van der Waals surface area contributed by atoms with E-state index in [4.69, 9.17) is 11.6 Å². The Morgan fingerprint density at radius 1 is 1.17 bits per heavy atom. The SMILES string of the molecule is O=C1NC2(CCN(Cc3ccc(F)cc3)C2=O)c2cccc(Cl)c21. The molecule has 2 aliphatic rings. The highest BCUT2D eigenvalue weighted by Gasteiger charge is 2.54. The van der Waals surface area contributed by atoms with Gasteiger partial charge in [0.05, 0.1) is 10.6 Å². The molecule has 1 unspecified atom stereocenters. The molecule has 2 aliphatic heterocycles. The molecular weight excluding hydrogens is 331 g/mol. The molecule has 4 nitrogen and oxygen atoms in total. The lowest BCUT2D eigenvalue weighted by Gasteiger charge is -2.24. The van der Waals surface area contributed by atoms with Crippen LogP contribution in [-0.2, 0) is 16.9 Å². The zero-order valence-electron chi connectivity index (χ0n) is 12.7. The molecule has 1 spiro atoms.